The quantitative estimate of drug-likeness (QED) is 0.212. The molecule has 4 aromatic rings. The van der Waals surface area contributed by atoms with E-state index in [2.05, 4.69) is 41.1 Å². The van der Waals surface area contributed by atoms with Crippen LogP contribution in [0.1, 0.15) is 35.3 Å². The van der Waals surface area contributed by atoms with E-state index in [-0.39, 0.29) is 5.78 Å². The van der Waals surface area contributed by atoms with Crippen LogP contribution in [0.15, 0.2) is 82.3 Å². The van der Waals surface area contributed by atoms with Crippen molar-refractivity contribution < 1.29 is 9.53 Å². The molecule has 0 fully saturated rings. The Morgan fingerprint density at radius 2 is 1.66 bits per heavy atom. The topological polar surface area (TPSA) is 38.7 Å². The van der Waals surface area contributed by atoms with E-state index >= 15 is 0 Å². The standard InChI is InChI=1S/C28H24BrNO2/c1-17-15-24(20-9-6-5-7-10-20)27(32-4)16-26(17)30-18(2)21-11-8-12-23-25(29)14-13-22(19(3)31)28(21)23/h5-16H,1-4H3. The van der Waals surface area contributed by atoms with Gasteiger partial charge in [-0.25, -0.2) is 0 Å². The predicted molar refractivity (Wildman–Crippen MR) is 137 cm³/mol. The van der Waals surface area contributed by atoms with Crippen LogP contribution in [0, 0.1) is 6.92 Å². The summed E-state index contributed by atoms with van der Waals surface area (Å²) in [5.41, 5.74) is 6.52. The molecular formula is C28H24BrNO2. The third-order valence-electron chi connectivity index (χ3n) is 5.65. The maximum Gasteiger partial charge on any atom is 0.160 e. The highest BCUT2D eigenvalue weighted by molar-refractivity contribution is 9.10. The number of fused-ring (bicyclic) bond motifs is 1. The van der Waals surface area contributed by atoms with Crippen LogP contribution in [0.2, 0.25) is 0 Å². The Bertz CT molecular complexity index is 1360. The fraction of sp³-hybridized carbons (Fsp3) is 0.143. The molecule has 4 aromatic carbocycles. The summed E-state index contributed by atoms with van der Waals surface area (Å²) >= 11 is 3.62. The lowest BCUT2D eigenvalue weighted by atomic mass is 9.95. The van der Waals surface area contributed by atoms with Gasteiger partial charge in [0.15, 0.2) is 5.78 Å². The molecule has 4 rings (SSSR count). The van der Waals surface area contributed by atoms with Crippen molar-refractivity contribution in [1.82, 2.24) is 0 Å². The minimum atomic E-state index is 0.0350. The van der Waals surface area contributed by atoms with E-state index in [4.69, 9.17) is 9.73 Å². The van der Waals surface area contributed by atoms with Gasteiger partial charge < -0.3 is 4.74 Å². The molecule has 0 heterocycles. The number of hydrogen-bond acceptors (Lipinski definition) is 3. The number of aryl methyl sites for hydroxylation is 1. The van der Waals surface area contributed by atoms with E-state index in [1.165, 1.54) is 0 Å². The first-order valence-electron chi connectivity index (χ1n) is 10.4. The molecule has 0 radical (unpaired) electrons. The van der Waals surface area contributed by atoms with Crippen LogP contribution in [-0.2, 0) is 0 Å². The van der Waals surface area contributed by atoms with E-state index in [1.54, 1.807) is 14.0 Å². The van der Waals surface area contributed by atoms with Crippen LogP contribution in [0.5, 0.6) is 5.75 Å². The van der Waals surface area contributed by atoms with Gasteiger partial charge in [-0.1, -0.05) is 64.5 Å². The third-order valence-corrected chi connectivity index (χ3v) is 6.34. The van der Waals surface area contributed by atoms with Gasteiger partial charge in [0, 0.05) is 38.3 Å². The molecule has 0 saturated heterocycles. The largest absolute Gasteiger partial charge is 0.496 e. The molecule has 0 bridgehead atoms. The molecule has 0 aliphatic carbocycles. The number of hydrogen-bond donors (Lipinski definition) is 0. The molecule has 160 valence electrons. The lowest BCUT2D eigenvalue weighted by Crippen LogP contribution is -2.02. The highest BCUT2D eigenvalue weighted by Crippen LogP contribution is 2.37. The second kappa shape index (κ2) is 9.09. The van der Waals surface area contributed by atoms with Gasteiger partial charge in [0.1, 0.15) is 5.75 Å². The van der Waals surface area contributed by atoms with Gasteiger partial charge in [0.05, 0.1) is 12.8 Å². The van der Waals surface area contributed by atoms with Crippen LogP contribution in [0.3, 0.4) is 0 Å². The highest BCUT2D eigenvalue weighted by atomic mass is 79.9. The fourth-order valence-electron chi connectivity index (χ4n) is 4.02. The first-order chi connectivity index (χ1) is 15.4. The molecular weight excluding hydrogens is 462 g/mol. The Labute approximate surface area is 196 Å². The van der Waals surface area contributed by atoms with Gasteiger partial charge in [-0.3, -0.25) is 9.79 Å². The van der Waals surface area contributed by atoms with Crippen LogP contribution in [-0.4, -0.2) is 18.6 Å². The molecule has 0 unspecified atom stereocenters. The van der Waals surface area contributed by atoms with Gasteiger partial charge in [-0.2, -0.15) is 0 Å². The molecule has 0 amide bonds. The number of ether oxygens (including phenoxy) is 1. The molecule has 0 atom stereocenters. The van der Waals surface area contributed by atoms with E-state index < -0.39 is 0 Å². The molecule has 0 aliphatic heterocycles. The zero-order valence-corrected chi connectivity index (χ0v) is 20.2. The lowest BCUT2D eigenvalue weighted by Gasteiger charge is -2.14. The number of nitrogens with zero attached hydrogens (tertiary/aromatic N) is 1. The van der Waals surface area contributed by atoms with Gasteiger partial charge in [0.2, 0.25) is 0 Å². The number of benzene rings is 4. The van der Waals surface area contributed by atoms with Crippen molar-refractivity contribution in [3.8, 4) is 16.9 Å². The molecule has 32 heavy (non-hydrogen) atoms. The Kier molecular flexibility index (Phi) is 6.24. The normalized spacial score (nSPS) is 11.6. The minimum Gasteiger partial charge on any atom is -0.496 e. The SMILES string of the molecule is COc1cc(N=C(C)c2cccc3c(Br)ccc(C(C)=O)c23)c(C)cc1-c1ccccc1. The number of carbonyl (C=O) groups is 1. The first kappa shape index (κ1) is 22.0. The third kappa shape index (κ3) is 4.11. The van der Waals surface area contributed by atoms with Crippen molar-refractivity contribution in [2.45, 2.75) is 20.8 Å². The number of ketones is 1. The van der Waals surface area contributed by atoms with E-state index in [0.717, 1.165) is 54.6 Å². The van der Waals surface area contributed by atoms with Crippen molar-refractivity contribution in [2.24, 2.45) is 4.99 Å². The van der Waals surface area contributed by atoms with Crippen LogP contribution in [0.4, 0.5) is 5.69 Å². The van der Waals surface area contributed by atoms with Crippen LogP contribution >= 0.6 is 15.9 Å². The molecule has 0 aliphatic rings. The van der Waals surface area contributed by atoms with E-state index in [1.807, 2.05) is 61.5 Å². The summed E-state index contributed by atoms with van der Waals surface area (Å²) in [7, 11) is 1.68. The Morgan fingerprint density at radius 1 is 0.906 bits per heavy atom. The summed E-state index contributed by atoms with van der Waals surface area (Å²) in [6.45, 7) is 5.64. The van der Waals surface area contributed by atoms with Gasteiger partial charge in [-0.15, -0.1) is 0 Å². The van der Waals surface area contributed by atoms with E-state index in [0.29, 0.717) is 5.56 Å². The smallest absolute Gasteiger partial charge is 0.160 e. The Morgan fingerprint density at radius 3 is 2.34 bits per heavy atom. The predicted octanol–water partition coefficient (Wildman–Crippen LogP) is 7.93. The van der Waals surface area contributed by atoms with Crippen LogP contribution in [0.25, 0.3) is 21.9 Å². The van der Waals surface area contributed by atoms with Crippen molar-refractivity contribution in [2.75, 3.05) is 7.11 Å². The van der Waals surface area contributed by atoms with Crippen LogP contribution < -0.4 is 4.74 Å². The van der Waals surface area contributed by atoms with Gasteiger partial charge in [0.25, 0.3) is 0 Å². The molecule has 0 spiro atoms. The average Bonchev–Trinajstić information content (AvgIpc) is 2.80. The van der Waals surface area contributed by atoms with Crippen molar-refractivity contribution >= 4 is 43.9 Å². The second-order valence-electron chi connectivity index (χ2n) is 7.78. The lowest BCUT2D eigenvalue weighted by molar-refractivity contribution is 0.101. The Balaban J connectivity index is 1.88. The van der Waals surface area contributed by atoms with Gasteiger partial charge in [-0.05, 0) is 55.5 Å². The molecule has 0 aromatic heterocycles. The monoisotopic (exact) mass is 485 g/mol. The fourth-order valence-corrected chi connectivity index (χ4v) is 4.48. The summed E-state index contributed by atoms with van der Waals surface area (Å²) in [6.07, 6.45) is 0. The molecule has 4 heteroatoms. The summed E-state index contributed by atoms with van der Waals surface area (Å²) < 4.78 is 6.65. The van der Waals surface area contributed by atoms with E-state index in [9.17, 15) is 4.79 Å². The number of carbonyl (C=O) groups excluding carboxylic acids is 1. The summed E-state index contributed by atoms with van der Waals surface area (Å²) in [6, 6.07) is 24.1. The molecule has 3 nitrogen and oxygen atoms in total. The van der Waals surface area contributed by atoms with Crippen molar-refractivity contribution in [3.05, 3.63) is 94.0 Å². The number of halogens is 1. The maximum atomic E-state index is 12.3. The zero-order chi connectivity index (χ0) is 22.8. The zero-order valence-electron chi connectivity index (χ0n) is 18.6. The summed E-state index contributed by atoms with van der Waals surface area (Å²) in [5.74, 6) is 0.811. The average molecular weight is 486 g/mol. The maximum absolute atomic E-state index is 12.3. The number of rotatable bonds is 5. The summed E-state index contributed by atoms with van der Waals surface area (Å²) in [4.78, 5) is 17.3. The highest BCUT2D eigenvalue weighted by Gasteiger charge is 2.15. The van der Waals surface area contributed by atoms with Crippen molar-refractivity contribution in [3.63, 3.8) is 0 Å². The minimum absolute atomic E-state index is 0.0350. The second-order valence-corrected chi connectivity index (χ2v) is 8.64. The van der Waals surface area contributed by atoms with Gasteiger partial charge >= 0.3 is 0 Å². The Hall–Kier alpha value is -3.24. The van der Waals surface area contributed by atoms with Crippen molar-refractivity contribution in [1.29, 1.82) is 0 Å². The number of aliphatic imine (C=N–C) groups is 1. The summed E-state index contributed by atoms with van der Waals surface area (Å²) in [5, 5.41) is 1.92. The molecule has 0 saturated carbocycles. The number of Topliss-reactive ketones (excluding diaryl/α,β-unsaturated/α-hetero) is 1. The molecule has 0 N–H and O–H groups in total. The number of methoxy groups -OCH3 is 1. The first-order valence-corrected chi connectivity index (χ1v) is 11.2.